The Bertz CT molecular complexity index is 228. The maximum atomic E-state index is 12.2. The average Bonchev–Trinajstić information content (AvgIpc) is 2.05. The lowest BCUT2D eigenvalue weighted by atomic mass is 10.0. The Morgan fingerprint density at radius 2 is 1.06 bits per heavy atom. The summed E-state index contributed by atoms with van der Waals surface area (Å²) in [6.07, 6.45) is -21.0. The zero-order valence-electron chi connectivity index (χ0n) is 8.38. The Morgan fingerprint density at radius 1 is 0.722 bits per heavy atom. The number of rotatable bonds is 4. The lowest BCUT2D eigenvalue weighted by molar-refractivity contribution is -0.457. The molecule has 0 unspecified atom stereocenters. The summed E-state index contributed by atoms with van der Waals surface area (Å²) in [4.78, 5) is 0. The van der Waals surface area contributed by atoms with Crippen molar-refractivity contribution in [1.29, 1.82) is 0 Å². The first-order valence-electron chi connectivity index (χ1n) is 4.26. The van der Waals surface area contributed by atoms with Crippen LogP contribution in [0.1, 0.15) is 6.42 Å². The highest BCUT2D eigenvalue weighted by atomic mass is 19.4. The first kappa shape index (κ1) is 17.3. The number of ether oxygens (including phenoxy) is 1. The molecule has 18 heavy (non-hydrogen) atoms. The van der Waals surface area contributed by atoms with Crippen LogP contribution in [0.2, 0.25) is 0 Å². The quantitative estimate of drug-likeness (QED) is 0.638. The van der Waals surface area contributed by atoms with Crippen molar-refractivity contribution in [3.8, 4) is 0 Å². The average molecular weight is 294 g/mol. The van der Waals surface area contributed by atoms with Crippen LogP contribution in [0.15, 0.2) is 0 Å². The molecule has 0 aliphatic carbocycles. The van der Waals surface area contributed by atoms with Crippen LogP contribution in [-0.2, 0) is 4.74 Å². The van der Waals surface area contributed by atoms with E-state index in [1.54, 1.807) is 0 Å². The molecule has 1 N–H and O–H groups in total. The normalized spacial score (nSPS) is 15.0. The molecule has 0 radical (unpaired) electrons. The Kier molecular flexibility index (Phi) is 4.91. The Morgan fingerprint density at radius 3 is 1.28 bits per heavy atom. The Labute approximate surface area is 94.3 Å². The van der Waals surface area contributed by atoms with Gasteiger partial charge in [0.2, 0.25) is 0 Å². The Hall–Kier alpha value is -0.710. The highest BCUT2D eigenvalue weighted by molar-refractivity contribution is 5.02. The van der Waals surface area contributed by atoms with Gasteiger partial charge in [0, 0.05) is 6.61 Å². The molecular weight excluding hydrogens is 287 g/mol. The summed E-state index contributed by atoms with van der Waals surface area (Å²) >= 11 is 0. The highest BCUT2D eigenvalue weighted by Gasteiger charge is 2.85. The monoisotopic (exact) mass is 294 g/mol. The molecule has 2 nitrogen and oxygen atoms in total. The molecule has 0 amide bonds. The lowest BCUT2D eigenvalue weighted by Gasteiger charge is -2.37. The lowest BCUT2D eigenvalue weighted by Crippen LogP contribution is -2.67. The van der Waals surface area contributed by atoms with Gasteiger partial charge < -0.3 is 9.84 Å². The van der Waals surface area contributed by atoms with Gasteiger partial charge in [-0.25, -0.2) is 0 Å². The molecule has 0 aliphatic rings. The predicted octanol–water partition coefficient (Wildman–Crippen LogP) is 2.81. The summed E-state index contributed by atoms with van der Waals surface area (Å²) in [5.74, 6) is 0. The number of alkyl halides is 9. The summed E-state index contributed by atoms with van der Waals surface area (Å²) in [7, 11) is 0. The van der Waals surface area contributed by atoms with Crippen LogP contribution in [0.5, 0.6) is 0 Å². The SMILES string of the molecule is OCCCOC(C(F)(F)F)(C(F)(F)F)C(F)(F)F. The van der Waals surface area contributed by atoms with Gasteiger partial charge in [0.15, 0.2) is 0 Å². The molecule has 0 saturated heterocycles. The first-order valence-corrected chi connectivity index (χ1v) is 4.26. The van der Waals surface area contributed by atoms with Gasteiger partial charge in [-0.05, 0) is 6.42 Å². The van der Waals surface area contributed by atoms with Crippen molar-refractivity contribution in [2.24, 2.45) is 0 Å². The molecule has 0 aromatic rings. The number of aliphatic hydroxyl groups is 1. The summed E-state index contributed by atoms with van der Waals surface area (Å²) < 4.78 is 113. The van der Waals surface area contributed by atoms with E-state index in [2.05, 4.69) is 4.74 Å². The third-order valence-electron chi connectivity index (χ3n) is 1.82. The number of halogens is 9. The smallest absolute Gasteiger partial charge is 0.396 e. The fourth-order valence-corrected chi connectivity index (χ4v) is 1.02. The molecule has 0 saturated carbocycles. The molecule has 0 spiro atoms. The van der Waals surface area contributed by atoms with Gasteiger partial charge in [0.25, 0.3) is 0 Å². The van der Waals surface area contributed by atoms with Crippen LogP contribution in [-0.4, -0.2) is 42.5 Å². The van der Waals surface area contributed by atoms with Crippen molar-refractivity contribution >= 4 is 0 Å². The van der Waals surface area contributed by atoms with Crippen molar-refractivity contribution in [3.63, 3.8) is 0 Å². The summed E-state index contributed by atoms with van der Waals surface area (Å²) in [5, 5.41) is 8.15. The van der Waals surface area contributed by atoms with E-state index in [0.29, 0.717) is 0 Å². The third kappa shape index (κ3) is 2.99. The fourth-order valence-electron chi connectivity index (χ4n) is 1.02. The molecule has 0 aromatic heterocycles. The molecule has 0 heterocycles. The molecule has 11 heteroatoms. The summed E-state index contributed by atoms with van der Waals surface area (Å²) in [6.45, 7) is -2.46. The third-order valence-corrected chi connectivity index (χ3v) is 1.82. The van der Waals surface area contributed by atoms with E-state index in [1.165, 1.54) is 0 Å². The predicted molar refractivity (Wildman–Crippen MR) is 38.6 cm³/mol. The maximum Gasteiger partial charge on any atom is 0.435 e. The van der Waals surface area contributed by atoms with E-state index in [9.17, 15) is 39.5 Å². The van der Waals surface area contributed by atoms with Crippen LogP contribution in [0.3, 0.4) is 0 Å². The van der Waals surface area contributed by atoms with Crippen LogP contribution in [0, 0.1) is 0 Å². The van der Waals surface area contributed by atoms with Gasteiger partial charge in [-0.1, -0.05) is 0 Å². The van der Waals surface area contributed by atoms with Crippen LogP contribution in [0.4, 0.5) is 39.5 Å². The molecule has 110 valence electrons. The number of aliphatic hydroxyl groups excluding tert-OH is 1. The Balaban J connectivity index is 5.61. The largest absolute Gasteiger partial charge is 0.435 e. The van der Waals surface area contributed by atoms with E-state index in [1.807, 2.05) is 0 Å². The van der Waals surface area contributed by atoms with Crippen LogP contribution >= 0.6 is 0 Å². The van der Waals surface area contributed by atoms with Crippen molar-refractivity contribution in [1.82, 2.24) is 0 Å². The van der Waals surface area contributed by atoms with Crippen molar-refractivity contribution < 1.29 is 49.4 Å². The van der Waals surface area contributed by atoms with Crippen LogP contribution in [0.25, 0.3) is 0 Å². The maximum absolute atomic E-state index is 12.2. The second-order valence-electron chi connectivity index (χ2n) is 3.10. The minimum absolute atomic E-state index is 0.802. The molecule has 0 atom stereocenters. The molecule has 0 aliphatic heterocycles. The minimum Gasteiger partial charge on any atom is -0.396 e. The van der Waals surface area contributed by atoms with Crippen molar-refractivity contribution in [3.05, 3.63) is 0 Å². The number of hydrogen-bond acceptors (Lipinski definition) is 2. The first-order chi connectivity index (χ1) is 7.81. The summed E-state index contributed by atoms with van der Waals surface area (Å²) in [6, 6.07) is 0. The topological polar surface area (TPSA) is 29.5 Å². The molecular formula is C7H7F9O2. The van der Waals surface area contributed by atoms with E-state index < -0.39 is 43.8 Å². The molecule has 0 bridgehead atoms. The van der Waals surface area contributed by atoms with Gasteiger partial charge in [-0.2, -0.15) is 39.5 Å². The highest BCUT2D eigenvalue weighted by Crippen LogP contribution is 2.54. The van der Waals surface area contributed by atoms with Gasteiger partial charge in [-0.15, -0.1) is 0 Å². The summed E-state index contributed by atoms with van der Waals surface area (Å²) in [5.41, 5.74) is -6.25. The fraction of sp³-hybridized carbons (Fsp3) is 1.00. The van der Waals surface area contributed by atoms with Gasteiger partial charge in [0.05, 0.1) is 6.61 Å². The van der Waals surface area contributed by atoms with Gasteiger partial charge in [0.1, 0.15) is 0 Å². The second-order valence-corrected chi connectivity index (χ2v) is 3.10. The van der Waals surface area contributed by atoms with E-state index in [0.717, 1.165) is 0 Å². The number of hydrogen-bond donors (Lipinski definition) is 1. The minimum atomic E-state index is -6.72. The van der Waals surface area contributed by atoms with E-state index >= 15 is 0 Å². The second kappa shape index (κ2) is 5.11. The van der Waals surface area contributed by atoms with Crippen molar-refractivity contribution in [2.75, 3.05) is 13.2 Å². The van der Waals surface area contributed by atoms with Gasteiger partial charge >= 0.3 is 24.1 Å². The molecule has 0 fully saturated rings. The zero-order valence-corrected chi connectivity index (χ0v) is 8.38. The molecule has 0 aromatic carbocycles. The van der Waals surface area contributed by atoms with E-state index in [4.69, 9.17) is 5.11 Å². The van der Waals surface area contributed by atoms with Crippen molar-refractivity contribution in [2.45, 2.75) is 30.6 Å². The van der Waals surface area contributed by atoms with E-state index in [-0.39, 0.29) is 0 Å². The molecule has 0 rings (SSSR count). The standard InChI is InChI=1S/C7H7F9O2/c8-5(9,10)4(6(11,12)13,7(14,15)16)18-3-1-2-17/h17H,1-3H2. The zero-order chi connectivity index (χ0) is 14.8. The van der Waals surface area contributed by atoms with Gasteiger partial charge in [-0.3, -0.25) is 0 Å². The van der Waals surface area contributed by atoms with Crippen LogP contribution < -0.4 is 0 Å².